The van der Waals surface area contributed by atoms with Crippen LogP contribution in [0.4, 0.5) is 0 Å². The van der Waals surface area contributed by atoms with Gasteiger partial charge in [0.15, 0.2) is 6.29 Å². The van der Waals surface area contributed by atoms with Crippen LogP contribution < -0.4 is 0 Å². The monoisotopic (exact) mass is 701 g/mol. The molecule has 0 amide bonds. The van der Waals surface area contributed by atoms with Gasteiger partial charge in [0.2, 0.25) is 0 Å². The molecule has 0 saturated carbocycles. The minimum Gasteiger partial charge on any atom is -0.369 e. The molecule has 0 fully saturated rings. The molecule has 4 heteroatoms. The number of ether oxygens (including phenoxy) is 3. The average molecular weight is 702 g/mol. The molecule has 0 aliphatic heterocycles. The Morgan fingerprint density at radius 3 is 1.42 bits per heavy atom. The quantitative estimate of drug-likeness (QED) is 0.0353. The molecule has 2 atom stereocenters. The van der Waals surface area contributed by atoms with Gasteiger partial charge in [0, 0.05) is 6.61 Å². The van der Waals surface area contributed by atoms with Crippen molar-refractivity contribution in [2.75, 3.05) is 6.61 Å². The third-order valence-corrected chi connectivity index (χ3v) is 10.1. The third-order valence-electron chi connectivity index (χ3n) is 10.1. The van der Waals surface area contributed by atoms with Gasteiger partial charge in [0.1, 0.15) is 11.7 Å². The summed E-state index contributed by atoms with van der Waals surface area (Å²) in [4.78, 5) is 0. The van der Waals surface area contributed by atoms with Gasteiger partial charge in [-0.3, -0.25) is 0 Å². The fourth-order valence-corrected chi connectivity index (χ4v) is 7.05. The van der Waals surface area contributed by atoms with Crippen molar-refractivity contribution >= 4 is 0 Å². The third kappa shape index (κ3) is 13.7. The summed E-state index contributed by atoms with van der Waals surface area (Å²) in [6, 6.07) is 41.1. The summed E-state index contributed by atoms with van der Waals surface area (Å²) in [6.45, 7) is 5.26. The number of benzene rings is 4. The van der Waals surface area contributed by atoms with Gasteiger partial charge >= 0.3 is 0 Å². The molecule has 0 spiro atoms. The van der Waals surface area contributed by atoms with Crippen LogP contribution in [0.15, 0.2) is 115 Å². The lowest BCUT2D eigenvalue weighted by molar-refractivity contribution is -0.240. The van der Waals surface area contributed by atoms with Crippen LogP contribution in [0.5, 0.6) is 0 Å². The SMILES string of the molecule is CCCCCCCCCCCCCCCCCCO[C@@H](OC(c1ccccc1)(c1ccccc1)c1ccccc1)[C@@H](C)OCc1cccc(C#N)c1. The molecule has 0 unspecified atom stereocenters. The minimum atomic E-state index is -0.929. The Morgan fingerprint density at radius 2 is 0.981 bits per heavy atom. The number of rotatable bonds is 27. The minimum absolute atomic E-state index is 0.355. The highest BCUT2D eigenvalue weighted by Gasteiger charge is 2.41. The first-order chi connectivity index (χ1) is 25.7. The van der Waals surface area contributed by atoms with E-state index < -0.39 is 11.9 Å². The van der Waals surface area contributed by atoms with E-state index in [0.29, 0.717) is 18.8 Å². The zero-order chi connectivity index (χ0) is 36.5. The Morgan fingerprint density at radius 1 is 0.538 bits per heavy atom. The van der Waals surface area contributed by atoms with Gasteiger partial charge in [-0.1, -0.05) is 206 Å². The number of hydrogen-bond donors (Lipinski definition) is 0. The van der Waals surface area contributed by atoms with Crippen LogP contribution in [-0.4, -0.2) is 19.0 Å². The second-order valence-corrected chi connectivity index (χ2v) is 14.3. The Bertz CT molecular complexity index is 1420. The summed E-state index contributed by atoms with van der Waals surface area (Å²) in [5.41, 5.74) is 3.72. The average Bonchev–Trinajstić information content (AvgIpc) is 3.20. The summed E-state index contributed by atoms with van der Waals surface area (Å²) in [5.74, 6) is 0. The zero-order valence-corrected chi connectivity index (χ0v) is 32.0. The second-order valence-electron chi connectivity index (χ2n) is 14.3. The fraction of sp³-hybridized carbons (Fsp3) is 0.479. The van der Waals surface area contributed by atoms with Gasteiger partial charge in [-0.25, -0.2) is 0 Å². The summed E-state index contributed by atoms with van der Waals surface area (Å²) in [5, 5.41) is 9.42. The van der Waals surface area contributed by atoms with Crippen molar-refractivity contribution < 1.29 is 14.2 Å². The summed E-state index contributed by atoms with van der Waals surface area (Å²) >= 11 is 0. The standard InChI is InChI=1S/C48H63NO3/c1-3-4-5-6-7-8-9-10-11-12-13-14-15-16-17-27-37-50-47(41(2)51-40-43-30-28-29-42(38-43)39-49)52-48(44-31-21-18-22-32-44,45-33-23-19-24-34-45)46-35-25-20-26-36-46/h18-26,28-36,38,41,47H,3-17,27,37,40H2,1-2H3/t41-,47+/m1/s1. The Labute approximate surface area is 315 Å². The molecule has 0 aliphatic carbocycles. The first-order valence-corrected chi connectivity index (χ1v) is 20.2. The van der Waals surface area contributed by atoms with Gasteiger partial charge in [0.25, 0.3) is 0 Å². The van der Waals surface area contributed by atoms with Crippen molar-refractivity contribution in [1.82, 2.24) is 0 Å². The van der Waals surface area contributed by atoms with Gasteiger partial charge in [0.05, 0.1) is 18.2 Å². The molecular formula is C48H63NO3. The molecular weight excluding hydrogens is 639 g/mol. The van der Waals surface area contributed by atoms with E-state index in [1.165, 1.54) is 89.9 Å². The molecule has 0 aliphatic rings. The number of nitriles is 1. The lowest BCUT2D eigenvalue weighted by Gasteiger charge is -2.40. The lowest BCUT2D eigenvalue weighted by Crippen LogP contribution is -2.43. The van der Waals surface area contributed by atoms with Gasteiger partial charge < -0.3 is 14.2 Å². The van der Waals surface area contributed by atoms with Crippen molar-refractivity contribution in [1.29, 1.82) is 5.26 Å². The molecule has 0 aromatic heterocycles. The van der Waals surface area contributed by atoms with E-state index in [-0.39, 0.29) is 6.10 Å². The maximum atomic E-state index is 9.42. The predicted octanol–water partition coefficient (Wildman–Crippen LogP) is 13.1. The van der Waals surface area contributed by atoms with Gasteiger partial charge in [-0.2, -0.15) is 5.26 Å². The van der Waals surface area contributed by atoms with Crippen LogP contribution >= 0.6 is 0 Å². The van der Waals surface area contributed by atoms with Crippen LogP contribution in [-0.2, 0) is 26.4 Å². The first kappa shape index (κ1) is 41.0. The van der Waals surface area contributed by atoms with Crippen molar-refractivity contribution in [3.63, 3.8) is 0 Å². The van der Waals surface area contributed by atoms with E-state index in [1.54, 1.807) is 0 Å². The van der Waals surface area contributed by atoms with Crippen molar-refractivity contribution in [3.05, 3.63) is 143 Å². The maximum Gasteiger partial charge on any atom is 0.185 e. The van der Waals surface area contributed by atoms with Crippen LogP contribution in [0.2, 0.25) is 0 Å². The van der Waals surface area contributed by atoms with Gasteiger partial charge in [-0.15, -0.1) is 0 Å². The predicted molar refractivity (Wildman–Crippen MR) is 215 cm³/mol. The topological polar surface area (TPSA) is 51.5 Å². The molecule has 4 nitrogen and oxygen atoms in total. The van der Waals surface area contributed by atoms with E-state index >= 15 is 0 Å². The van der Waals surface area contributed by atoms with E-state index in [1.807, 2.05) is 49.4 Å². The summed E-state index contributed by atoms with van der Waals surface area (Å²) in [7, 11) is 0. The maximum absolute atomic E-state index is 9.42. The smallest absolute Gasteiger partial charge is 0.185 e. The van der Waals surface area contributed by atoms with Crippen LogP contribution in [0, 0.1) is 11.3 Å². The Hall–Kier alpha value is -3.75. The van der Waals surface area contributed by atoms with E-state index in [4.69, 9.17) is 14.2 Å². The zero-order valence-electron chi connectivity index (χ0n) is 32.0. The fourth-order valence-electron chi connectivity index (χ4n) is 7.05. The number of unbranched alkanes of at least 4 members (excludes halogenated alkanes) is 15. The van der Waals surface area contributed by atoms with E-state index in [2.05, 4.69) is 85.8 Å². The molecule has 0 heterocycles. The molecule has 0 radical (unpaired) electrons. The van der Waals surface area contributed by atoms with E-state index in [9.17, 15) is 5.26 Å². The molecule has 0 bridgehead atoms. The number of hydrogen-bond acceptors (Lipinski definition) is 4. The normalized spacial score (nSPS) is 12.7. The molecule has 4 aromatic rings. The molecule has 4 rings (SSSR count). The highest BCUT2D eigenvalue weighted by molar-refractivity contribution is 5.47. The van der Waals surface area contributed by atoms with Crippen LogP contribution in [0.3, 0.4) is 0 Å². The van der Waals surface area contributed by atoms with Crippen molar-refractivity contribution in [3.8, 4) is 6.07 Å². The largest absolute Gasteiger partial charge is 0.369 e. The second kappa shape index (κ2) is 24.5. The number of nitrogens with zero attached hydrogens (tertiary/aromatic N) is 1. The van der Waals surface area contributed by atoms with Gasteiger partial charge in [-0.05, 0) is 47.7 Å². The highest BCUT2D eigenvalue weighted by atomic mass is 16.7. The molecule has 278 valence electrons. The van der Waals surface area contributed by atoms with Crippen molar-refractivity contribution in [2.45, 2.75) is 141 Å². The summed E-state index contributed by atoms with van der Waals surface area (Å²) in [6.07, 6.45) is 20.3. The Kier molecular flexibility index (Phi) is 19.3. The molecule has 52 heavy (non-hydrogen) atoms. The van der Waals surface area contributed by atoms with E-state index in [0.717, 1.165) is 35.1 Å². The molecule has 0 N–H and O–H groups in total. The van der Waals surface area contributed by atoms with Crippen molar-refractivity contribution in [2.24, 2.45) is 0 Å². The summed E-state index contributed by atoms with van der Waals surface area (Å²) < 4.78 is 20.5. The van der Waals surface area contributed by atoms with Crippen LogP contribution in [0.1, 0.15) is 144 Å². The van der Waals surface area contributed by atoms with Crippen LogP contribution in [0.25, 0.3) is 0 Å². The first-order valence-electron chi connectivity index (χ1n) is 20.2. The lowest BCUT2D eigenvalue weighted by atomic mass is 9.80. The Balaban J connectivity index is 1.36. The molecule has 4 aromatic carbocycles. The molecule has 0 saturated heterocycles. The highest BCUT2D eigenvalue weighted by Crippen LogP contribution is 2.42.